The van der Waals surface area contributed by atoms with E-state index in [0.29, 0.717) is 17.6 Å². The number of pyridine rings is 1. The predicted molar refractivity (Wildman–Crippen MR) is 101 cm³/mol. The van der Waals surface area contributed by atoms with Gasteiger partial charge in [0.15, 0.2) is 0 Å². The first-order valence-electron chi connectivity index (χ1n) is 7.71. The SMILES string of the molecule is O=C(Nc1cccc(C(=O)Nc2ccc(Br)cn2)c1)c1cc(F)cc(F)c1. The van der Waals surface area contributed by atoms with Crippen LogP contribution in [0.4, 0.5) is 20.3 Å². The molecule has 1 aromatic heterocycles. The number of aromatic nitrogens is 1. The highest BCUT2D eigenvalue weighted by atomic mass is 79.9. The molecule has 0 atom stereocenters. The lowest BCUT2D eigenvalue weighted by atomic mass is 10.1. The first-order valence-corrected chi connectivity index (χ1v) is 8.50. The van der Waals surface area contributed by atoms with Crippen molar-refractivity contribution in [2.45, 2.75) is 0 Å². The first kappa shape index (κ1) is 18.7. The monoisotopic (exact) mass is 431 g/mol. The van der Waals surface area contributed by atoms with Crippen molar-refractivity contribution in [2.24, 2.45) is 0 Å². The zero-order chi connectivity index (χ0) is 19.4. The summed E-state index contributed by atoms with van der Waals surface area (Å²) in [5.41, 5.74) is 0.422. The van der Waals surface area contributed by atoms with Gasteiger partial charge in [0, 0.05) is 33.6 Å². The van der Waals surface area contributed by atoms with E-state index in [1.54, 1.807) is 36.5 Å². The number of halogens is 3. The van der Waals surface area contributed by atoms with Gasteiger partial charge in [-0.25, -0.2) is 13.8 Å². The number of anilines is 2. The first-order chi connectivity index (χ1) is 12.9. The largest absolute Gasteiger partial charge is 0.322 e. The number of benzene rings is 2. The summed E-state index contributed by atoms with van der Waals surface area (Å²) in [5.74, 6) is -2.45. The fourth-order valence-corrected chi connectivity index (χ4v) is 2.50. The lowest BCUT2D eigenvalue weighted by Gasteiger charge is -2.08. The van der Waals surface area contributed by atoms with E-state index >= 15 is 0 Å². The third-order valence-electron chi connectivity index (χ3n) is 3.48. The van der Waals surface area contributed by atoms with E-state index in [1.165, 1.54) is 6.07 Å². The van der Waals surface area contributed by atoms with Crippen LogP contribution in [-0.4, -0.2) is 16.8 Å². The van der Waals surface area contributed by atoms with E-state index in [9.17, 15) is 18.4 Å². The summed E-state index contributed by atoms with van der Waals surface area (Å²) in [6.07, 6.45) is 1.55. The predicted octanol–water partition coefficient (Wildman–Crippen LogP) is 4.63. The van der Waals surface area contributed by atoms with Gasteiger partial charge < -0.3 is 10.6 Å². The number of hydrogen-bond donors (Lipinski definition) is 2. The lowest BCUT2D eigenvalue weighted by molar-refractivity contribution is 0.101. The Balaban J connectivity index is 1.73. The van der Waals surface area contributed by atoms with Crippen molar-refractivity contribution >= 4 is 39.2 Å². The normalized spacial score (nSPS) is 10.3. The third kappa shape index (κ3) is 4.95. The zero-order valence-corrected chi connectivity index (χ0v) is 15.3. The fraction of sp³-hybridized carbons (Fsp3) is 0. The van der Waals surface area contributed by atoms with Gasteiger partial charge in [-0.2, -0.15) is 0 Å². The van der Waals surface area contributed by atoms with E-state index in [-0.39, 0.29) is 11.1 Å². The number of nitrogens with zero attached hydrogens (tertiary/aromatic N) is 1. The summed E-state index contributed by atoms with van der Waals surface area (Å²) < 4.78 is 27.3. The van der Waals surface area contributed by atoms with Crippen LogP contribution < -0.4 is 10.6 Å². The van der Waals surface area contributed by atoms with Gasteiger partial charge in [-0.05, 0) is 58.4 Å². The molecule has 2 amide bonds. The summed E-state index contributed by atoms with van der Waals surface area (Å²) in [4.78, 5) is 28.5. The Kier molecular flexibility index (Phi) is 5.56. The second-order valence-corrected chi connectivity index (χ2v) is 6.42. The van der Waals surface area contributed by atoms with Crippen LogP contribution in [0, 0.1) is 11.6 Å². The number of carbonyl (C=O) groups is 2. The Hall–Kier alpha value is -3.13. The molecule has 0 unspecified atom stereocenters. The van der Waals surface area contributed by atoms with Gasteiger partial charge in [-0.3, -0.25) is 9.59 Å². The van der Waals surface area contributed by atoms with Crippen molar-refractivity contribution in [1.82, 2.24) is 4.98 Å². The molecule has 0 aliphatic rings. The highest BCUT2D eigenvalue weighted by Crippen LogP contribution is 2.16. The van der Waals surface area contributed by atoms with Crippen molar-refractivity contribution in [2.75, 3.05) is 10.6 Å². The Morgan fingerprint density at radius 2 is 1.56 bits per heavy atom. The number of nitrogens with one attached hydrogen (secondary N) is 2. The molecular weight excluding hydrogens is 420 g/mol. The van der Waals surface area contributed by atoms with Gasteiger partial charge in [0.05, 0.1) is 0 Å². The molecule has 3 aromatic rings. The highest BCUT2D eigenvalue weighted by Gasteiger charge is 2.12. The maximum atomic E-state index is 13.2. The van der Waals surface area contributed by atoms with Crippen LogP contribution >= 0.6 is 15.9 Å². The fourth-order valence-electron chi connectivity index (χ4n) is 2.26. The summed E-state index contributed by atoms with van der Waals surface area (Å²) in [5, 5.41) is 5.13. The van der Waals surface area contributed by atoms with Gasteiger partial charge in [0.2, 0.25) is 0 Å². The van der Waals surface area contributed by atoms with Crippen molar-refractivity contribution in [3.63, 3.8) is 0 Å². The van der Waals surface area contributed by atoms with Crippen LogP contribution in [0.25, 0.3) is 0 Å². The molecule has 2 N–H and O–H groups in total. The molecule has 0 saturated heterocycles. The van der Waals surface area contributed by atoms with Crippen LogP contribution in [-0.2, 0) is 0 Å². The molecule has 8 heteroatoms. The van der Waals surface area contributed by atoms with E-state index in [1.807, 2.05) is 0 Å². The molecule has 0 bridgehead atoms. The Bertz CT molecular complexity index is 990. The van der Waals surface area contributed by atoms with Gasteiger partial charge in [-0.1, -0.05) is 6.07 Å². The molecule has 2 aromatic carbocycles. The van der Waals surface area contributed by atoms with Crippen LogP contribution in [0.2, 0.25) is 0 Å². The van der Waals surface area contributed by atoms with Gasteiger partial charge in [-0.15, -0.1) is 0 Å². The highest BCUT2D eigenvalue weighted by molar-refractivity contribution is 9.10. The number of amides is 2. The maximum absolute atomic E-state index is 13.2. The Morgan fingerprint density at radius 1 is 0.852 bits per heavy atom. The second kappa shape index (κ2) is 8.05. The van der Waals surface area contributed by atoms with E-state index in [2.05, 4.69) is 31.5 Å². The minimum absolute atomic E-state index is 0.165. The minimum Gasteiger partial charge on any atom is -0.322 e. The quantitative estimate of drug-likeness (QED) is 0.632. The van der Waals surface area contributed by atoms with E-state index < -0.39 is 23.4 Å². The summed E-state index contributed by atoms with van der Waals surface area (Å²) in [7, 11) is 0. The van der Waals surface area contributed by atoms with Crippen molar-refractivity contribution < 1.29 is 18.4 Å². The molecule has 0 spiro atoms. The standard InChI is InChI=1S/C19H12BrF2N3O2/c20-13-4-5-17(23-10-13)25-18(26)11-2-1-3-16(8-11)24-19(27)12-6-14(21)9-15(22)7-12/h1-10H,(H,24,27)(H,23,25,26). The summed E-state index contributed by atoms with van der Waals surface area (Å²) in [6, 6.07) is 12.0. The van der Waals surface area contributed by atoms with Gasteiger partial charge in [0.1, 0.15) is 17.5 Å². The maximum Gasteiger partial charge on any atom is 0.256 e. The third-order valence-corrected chi connectivity index (χ3v) is 3.95. The lowest BCUT2D eigenvalue weighted by Crippen LogP contribution is -2.15. The Morgan fingerprint density at radius 3 is 2.22 bits per heavy atom. The molecular formula is C19H12BrF2N3O2. The van der Waals surface area contributed by atoms with Crippen molar-refractivity contribution in [1.29, 1.82) is 0 Å². The van der Waals surface area contributed by atoms with Crippen molar-refractivity contribution in [3.8, 4) is 0 Å². The molecule has 3 rings (SSSR count). The smallest absolute Gasteiger partial charge is 0.256 e. The molecule has 0 aliphatic carbocycles. The second-order valence-electron chi connectivity index (χ2n) is 5.51. The molecule has 0 fully saturated rings. The molecule has 5 nitrogen and oxygen atoms in total. The van der Waals surface area contributed by atoms with Crippen LogP contribution in [0.15, 0.2) is 65.3 Å². The molecule has 1 heterocycles. The van der Waals surface area contributed by atoms with Gasteiger partial charge >= 0.3 is 0 Å². The van der Waals surface area contributed by atoms with Crippen LogP contribution in [0.5, 0.6) is 0 Å². The average molecular weight is 432 g/mol. The molecule has 0 radical (unpaired) electrons. The van der Waals surface area contributed by atoms with E-state index in [4.69, 9.17) is 0 Å². The zero-order valence-electron chi connectivity index (χ0n) is 13.7. The van der Waals surface area contributed by atoms with Gasteiger partial charge in [0.25, 0.3) is 11.8 Å². The molecule has 136 valence electrons. The average Bonchev–Trinajstić information content (AvgIpc) is 2.63. The summed E-state index contributed by atoms with van der Waals surface area (Å²) >= 11 is 3.25. The van der Waals surface area contributed by atoms with Crippen LogP contribution in [0.1, 0.15) is 20.7 Å². The number of carbonyl (C=O) groups excluding carboxylic acids is 2. The summed E-state index contributed by atoms with van der Waals surface area (Å²) in [6.45, 7) is 0. The molecule has 0 saturated carbocycles. The minimum atomic E-state index is -0.852. The number of rotatable bonds is 4. The van der Waals surface area contributed by atoms with Crippen molar-refractivity contribution in [3.05, 3.63) is 88.0 Å². The number of hydrogen-bond acceptors (Lipinski definition) is 3. The molecule has 0 aliphatic heterocycles. The van der Waals surface area contributed by atoms with Crippen LogP contribution in [0.3, 0.4) is 0 Å². The molecule has 27 heavy (non-hydrogen) atoms. The Labute approximate surface area is 161 Å². The topological polar surface area (TPSA) is 71.1 Å². The van der Waals surface area contributed by atoms with E-state index in [0.717, 1.165) is 16.6 Å².